The van der Waals surface area contributed by atoms with E-state index < -0.39 is 10.8 Å². The van der Waals surface area contributed by atoms with Gasteiger partial charge in [-0.05, 0) is 42.5 Å². The number of amides is 2. The summed E-state index contributed by atoms with van der Waals surface area (Å²) < 4.78 is 16.3. The smallest absolute Gasteiger partial charge is 0.414 e. The van der Waals surface area contributed by atoms with Crippen LogP contribution in [0, 0.1) is 0 Å². The first-order valence-electron chi connectivity index (χ1n) is 7.34. The highest BCUT2D eigenvalue weighted by atomic mass is 32.2. The standard InChI is InChI=1S/C17H16N2O4S/c1-24(22)15-7-5-12(6-8-15)16(20)18-13-3-2-4-14(11-13)19-9-10-23-17(19)21/h2-8,11H,9-10H2,1H3,(H,18,20)/t24-/m0/s1. The topological polar surface area (TPSA) is 75.7 Å². The lowest BCUT2D eigenvalue weighted by molar-refractivity contribution is 0.102. The average Bonchev–Trinajstić information content (AvgIpc) is 3.01. The van der Waals surface area contributed by atoms with E-state index in [1.54, 1.807) is 54.8 Å². The summed E-state index contributed by atoms with van der Waals surface area (Å²) in [6.07, 6.45) is 1.20. The molecule has 0 bridgehead atoms. The fourth-order valence-electron chi connectivity index (χ4n) is 2.38. The van der Waals surface area contributed by atoms with E-state index in [0.29, 0.717) is 35.0 Å². The Bertz CT molecular complexity index is 804. The highest BCUT2D eigenvalue weighted by Gasteiger charge is 2.23. The maximum absolute atomic E-state index is 12.3. The third-order valence-electron chi connectivity index (χ3n) is 3.62. The Morgan fingerprint density at radius 2 is 1.96 bits per heavy atom. The maximum atomic E-state index is 12.3. The summed E-state index contributed by atoms with van der Waals surface area (Å²) in [5.41, 5.74) is 1.72. The Morgan fingerprint density at radius 1 is 1.21 bits per heavy atom. The van der Waals surface area contributed by atoms with Crippen LogP contribution < -0.4 is 10.2 Å². The molecule has 1 aliphatic rings. The van der Waals surface area contributed by atoms with Crippen LogP contribution in [0.25, 0.3) is 0 Å². The van der Waals surface area contributed by atoms with Crippen LogP contribution in [0.4, 0.5) is 16.2 Å². The number of hydrogen-bond acceptors (Lipinski definition) is 4. The highest BCUT2D eigenvalue weighted by molar-refractivity contribution is 7.84. The van der Waals surface area contributed by atoms with Gasteiger partial charge in [0.15, 0.2) is 0 Å². The fraction of sp³-hybridized carbons (Fsp3) is 0.176. The van der Waals surface area contributed by atoms with E-state index in [2.05, 4.69) is 5.32 Å². The molecule has 1 N–H and O–H groups in total. The van der Waals surface area contributed by atoms with Crippen LogP contribution in [-0.2, 0) is 15.5 Å². The van der Waals surface area contributed by atoms with Crippen molar-refractivity contribution in [3.8, 4) is 0 Å². The molecular formula is C17H16N2O4S. The van der Waals surface area contributed by atoms with Crippen LogP contribution in [0.2, 0.25) is 0 Å². The van der Waals surface area contributed by atoms with Gasteiger partial charge >= 0.3 is 6.09 Å². The molecule has 0 spiro atoms. The molecule has 0 radical (unpaired) electrons. The molecule has 124 valence electrons. The Hall–Kier alpha value is -2.67. The largest absolute Gasteiger partial charge is 0.447 e. The Labute approximate surface area is 141 Å². The Kier molecular flexibility index (Phi) is 4.61. The summed E-state index contributed by atoms with van der Waals surface area (Å²) in [6.45, 7) is 0.854. The molecule has 0 saturated carbocycles. The molecule has 0 aliphatic carbocycles. The van der Waals surface area contributed by atoms with Gasteiger partial charge in [-0.2, -0.15) is 0 Å². The van der Waals surface area contributed by atoms with Crippen LogP contribution >= 0.6 is 0 Å². The molecule has 24 heavy (non-hydrogen) atoms. The Balaban J connectivity index is 1.74. The lowest BCUT2D eigenvalue weighted by Crippen LogP contribution is -2.23. The molecule has 1 fully saturated rings. The Morgan fingerprint density at radius 3 is 2.58 bits per heavy atom. The zero-order valence-electron chi connectivity index (χ0n) is 13.0. The zero-order valence-corrected chi connectivity index (χ0v) is 13.8. The number of ether oxygens (including phenoxy) is 1. The lowest BCUT2D eigenvalue weighted by Gasteiger charge is -2.14. The van der Waals surface area contributed by atoms with Crippen LogP contribution in [-0.4, -0.2) is 35.6 Å². The SMILES string of the molecule is C[S@](=O)c1ccc(C(=O)Nc2cccc(N3CCOC3=O)c2)cc1. The van der Waals surface area contributed by atoms with E-state index in [1.807, 2.05) is 0 Å². The van der Waals surface area contributed by atoms with Crippen LogP contribution in [0.15, 0.2) is 53.4 Å². The van der Waals surface area contributed by atoms with Crippen molar-refractivity contribution >= 4 is 34.2 Å². The molecule has 0 unspecified atom stereocenters. The molecule has 1 heterocycles. The van der Waals surface area contributed by atoms with Crippen molar-refractivity contribution in [2.45, 2.75) is 4.90 Å². The number of carbonyl (C=O) groups is 2. The van der Waals surface area contributed by atoms with Gasteiger partial charge in [-0.15, -0.1) is 0 Å². The molecule has 7 heteroatoms. The summed E-state index contributed by atoms with van der Waals surface area (Å²) in [5, 5.41) is 2.79. The van der Waals surface area contributed by atoms with Crippen molar-refractivity contribution < 1.29 is 18.5 Å². The molecule has 1 atom stereocenters. The first-order chi connectivity index (χ1) is 11.5. The molecule has 2 aromatic carbocycles. The number of nitrogens with zero attached hydrogens (tertiary/aromatic N) is 1. The fourth-order valence-corrected chi connectivity index (χ4v) is 2.90. The quantitative estimate of drug-likeness (QED) is 0.925. The monoisotopic (exact) mass is 344 g/mol. The van der Waals surface area contributed by atoms with E-state index in [1.165, 1.54) is 4.90 Å². The van der Waals surface area contributed by atoms with Crippen molar-refractivity contribution in [3.05, 3.63) is 54.1 Å². The first-order valence-corrected chi connectivity index (χ1v) is 8.89. The molecular weight excluding hydrogens is 328 g/mol. The van der Waals surface area contributed by atoms with E-state index in [4.69, 9.17) is 4.74 Å². The summed E-state index contributed by atoms with van der Waals surface area (Å²) >= 11 is 0. The van der Waals surface area contributed by atoms with Crippen molar-refractivity contribution in [3.63, 3.8) is 0 Å². The number of rotatable bonds is 4. The van der Waals surface area contributed by atoms with Gasteiger partial charge in [0.2, 0.25) is 0 Å². The molecule has 1 saturated heterocycles. The van der Waals surface area contributed by atoms with Gasteiger partial charge < -0.3 is 10.1 Å². The van der Waals surface area contributed by atoms with Gasteiger partial charge in [0.25, 0.3) is 5.91 Å². The van der Waals surface area contributed by atoms with Crippen molar-refractivity contribution in [1.29, 1.82) is 0 Å². The van der Waals surface area contributed by atoms with E-state index in [0.717, 1.165) is 0 Å². The second kappa shape index (κ2) is 6.84. The lowest BCUT2D eigenvalue weighted by atomic mass is 10.2. The summed E-state index contributed by atoms with van der Waals surface area (Å²) in [5.74, 6) is -0.274. The predicted molar refractivity (Wildman–Crippen MR) is 91.9 cm³/mol. The molecule has 2 aromatic rings. The molecule has 1 aliphatic heterocycles. The second-order valence-corrected chi connectivity index (χ2v) is 6.63. The zero-order chi connectivity index (χ0) is 17.1. The summed E-state index contributed by atoms with van der Waals surface area (Å²) in [6, 6.07) is 13.6. The van der Waals surface area contributed by atoms with Gasteiger partial charge in [-0.1, -0.05) is 6.07 Å². The third-order valence-corrected chi connectivity index (χ3v) is 4.56. The molecule has 2 amide bonds. The minimum absolute atomic E-state index is 0.274. The summed E-state index contributed by atoms with van der Waals surface area (Å²) in [4.78, 5) is 26.1. The minimum Gasteiger partial charge on any atom is -0.447 e. The number of cyclic esters (lactones) is 1. The number of carbonyl (C=O) groups excluding carboxylic acids is 2. The number of hydrogen-bond donors (Lipinski definition) is 1. The number of anilines is 2. The molecule has 6 nitrogen and oxygen atoms in total. The van der Waals surface area contributed by atoms with E-state index in [-0.39, 0.29) is 12.0 Å². The maximum Gasteiger partial charge on any atom is 0.414 e. The van der Waals surface area contributed by atoms with Gasteiger partial charge in [0.1, 0.15) is 6.61 Å². The second-order valence-electron chi connectivity index (χ2n) is 5.25. The molecule has 0 aromatic heterocycles. The first kappa shape index (κ1) is 16.2. The van der Waals surface area contributed by atoms with E-state index >= 15 is 0 Å². The highest BCUT2D eigenvalue weighted by Crippen LogP contribution is 2.23. The van der Waals surface area contributed by atoms with Crippen molar-refractivity contribution in [2.24, 2.45) is 0 Å². The summed E-state index contributed by atoms with van der Waals surface area (Å²) in [7, 11) is -1.08. The molecule has 3 rings (SSSR count). The van der Waals surface area contributed by atoms with Gasteiger partial charge in [-0.3, -0.25) is 13.9 Å². The van der Waals surface area contributed by atoms with Crippen molar-refractivity contribution in [1.82, 2.24) is 0 Å². The van der Waals surface area contributed by atoms with Crippen LogP contribution in [0.5, 0.6) is 0 Å². The van der Waals surface area contributed by atoms with Crippen molar-refractivity contribution in [2.75, 3.05) is 29.6 Å². The average molecular weight is 344 g/mol. The number of nitrogens with one attached hydrogen (secondary N) is 1. The van der Waals surface area contributed by atoms with Crippen LogP contribution in [0.1, 0.15) is 10.4 Å². The normalized spacial score (nSPS) is 15.0. The van der Waals surface area contributed by atoms with Gasteiger partial charge in [0.05, 0.1) is 6.54 Å². The van der Waals surface area contributed by atoms with Crippen LogP contribution in [0.3, 0.4) is 0 Å². The van der Waals surface area contributed by atoms with Gasteiger partial charge in [-0.25, -0.2) is 4.79 Å². The van der Waals surface area contributed by atoms with Gasteiger partial charge in [0, 0.05) is 38.9 Å². The predicted octanol–water partition coefficient (Wildman–Crippen LogP) is 2.63. The van der Waals surface area contributed by atoms with E-state index in [9.17, 15) is 13.8 Å². The third kappa shape index (κ3) is 3.46. The minimum atomic E-state index is -1.08. The number of benzene rings is 2.